The van der Waals surface area contributed by atoms with E-state index in [2.05, 4.69) is 0 Å². The molecule has 0 unspecified atom stereocenters. The molecule has 1 amide bonds. The summed E-state index contributed by atoms with van der Waals surface area (Å²) in [6, 6.07) is 14.5. The molecule has 0 aliphatic heterocycles. The Kier molecular flexibility index (Phi) is 6.39. The van der Waals surface area contributed by atoms with Gasteiger partial charge in [-0.05, 0) is 30.2 Å². The number of rotatable bonds is 8. The van der Waals surface area contributed by atoms with Crippen LogP contribution in [-0.4, -0.2) is 49.2 Å². The van der Waals surface area contributed by atoms with E-state index < -0.39 is 11.9 Å². The SMILES string of the molecule is COc1ccc(OC)c(C(=O)N(CCc2ccccc2)CC(=O)O)c1. The minimum atomic E-state index is -1.07. The number of carbonyl (C=O) groups is 2. The summed E-state index contributed by atoms with van der Waals surface area (Å²) in [5.74, 6) is -0.597. The van der Waals surface area contributed by atoms with Crippen molar-refractivity contribution < 1.29 is 24.2 Å². The van der Waals surface area contributed by atoms with Gasteiger partial charge in [-0.2, -0.15) is 0 Å². The number of benzene rings is 2. The van der Waals surface area contributed by atoms with Gasteiger partial charge in [-0.3, -0.25) is 9.59 Å². The number of methoxy groups -OCH3 is 2. The van der Waals surface area contributed by atoms with Crippen molar-refractivity contribution in [1.82, 2.24) is 4.90 Å². The minimum Gasteiger partial charge on any atom is -0.497 e. The maximum Gasteiger partial charge on any atom is 0.323 e. The van der Waals surface area contributed by atoms with Gasteiger partial charge in [0.25, 0.3) is 5.91 Å². The second-order valence-corrected chi connectivity index (χ2v) is 5.42. The molecule has 0 aromatic heterocycles. The number of hydrogen-bond acceptors (Lipinski definition) is 4. The number of carboxylic acid groups (broad SMARTS) is 1. The molecule has 0 heterocycles. The van der Waals surface area contributed by atoms with Gasteiger partial charge in [0.2, 0.25) is 0 Å². The molecule has 6 heteroatoms. The molecule has 0 bridgehead atoms. The quantitative estimate of drug-likeness (QED) is 0.797. The Morgan fingerprint density at radius 2 is 1.76 bits per heavy atom. The molecule has 25 heavy (non-hydrogen) atoms. The van der Waals surface area contributed by atoms with Crippen LogP contribution in [0, 0.1) is 0 Å². The van der Waals surface area contributed by atoms with Gasteiger partial charge in [0.15, 0.2) is 0 Å². The van der Waals surface area contributed by atoms with Gasteiger partial charge in [-0.1, -0.05) is 30.3 Å². The summed E-state index contributed by atoms with van der Waals surface area (Å²) in [5.41, 5.74) is 1.31. The Morgan fingerprint density at radius 1 is 1.04 bits per heavy atom. The molecule has 6 nitrogen and oxygen atoms in total. The molecule has 2 aromatic carbocycles. The van der Waals surface area contributed by atoms with Crippen LogP contribution in [0.5, 0.6) is 11.5 Å². The number of carbonyl (C=O) groups excluding carboxylic acids is 1. The smallest absolute Gasteiger partial charge is 0.323 e. The molecule has 0 saturated heterocycles. The van der Waals surface area contributed by atoms with Crippen LogP contribution < -0.4 is 9.47 Å². The van der Waals surface area contributed by atoms with E-state index in [4.69, 9.17) is 14.6 Å². The van der Waals surface area contributed by atoms with Crippen LogP contribution >= 0.6 is 0 Å². The van der Waals surface area contributed by atoms with Crippen LogP contribution in [-0.2, 0) is 11.2 Å². The van der Waals surface area contributed by atoms with Crippen LogP contribution in [0.4, 0.5) is 0 Å². The summed E-state index contributed by atoms with van der Waals surface area (Å²) >= 11 is 0. The highest BCUT2D eigenvalue weighted by Gasteiger charge is 2.22. The fourth-order valence-electron chi connectivity index (χ4n) is 2.48. The van der Waals surface area contributed by atoms with Crippen molar-refractivity contribution in [2.24, 2.45) is 0 Å². The molecule has 0 radical (unpaired) electrons. The summed E-state index contributed by atoms with van der Waals surface area (Å²) in [6.45, 7) is -0.0957. The number of ether oxygens (including phenoxy) is 2. The molecule has 2 aromatic rings. The molecule has 0 fully saturated rings. The zero-order chi connectivity index (χ0) is 18.2. The van der Waals surface area contributed by atoms with Crippen LogP contribution in [0.25, 0.3) is 0 Å². The molecule has 0 saturated carbocycles. The molecule has 0 atom stereocenters. The second-order valence-electron chi connectivity index (χ2n) is 5.42. The van der Waals surface area contributed by atoms with Gasteiger partial charge >= 0.3 is 5.97 Å². The molecular weight excluding hydrogens is 322 g/mol. The fourth-order valence-corrected chi connectivity index (χ4v) is 2.48. The average Bonchev–Trinajstić information content (AvgIpc) is 2.64. The predicted octanol–water partition coefficient (Wildman–Crippen LogP) is 2.47. The maximum absolute atomic E-state index is 12.9. The van der Waals surface area contributed by atoms with Gasteiger partial charge in [0.1, 0.15) is 18.0 Å². The van der Waals surface area contributed by atoms with Crippen molar-refractivity contribution in [3.8, 4) is 11.5 Å². The first kappa shape index (κ1) is 18.3. The van der Waals surface area contributed by atoms with E-state index in [1.807, 2.05) is 30.3 Å². The maximum atomic E-state index is 12.9. The summed E-state index contributed by atoms with van der Waals surface area (Å²) < 4.78 is 10.4. The van der Waals surface area contributed by atoms with E-state index >= 15 is 0 Å². The lowest BCUT2D eigenvalue weighted by atomic mass is 10.1. The van der Waals surface area contributed by atoms with Gasteiger partial charge < -0.3 is 19.5 Å². The van der Waals surface area contributed by atoms with E-state index in [0.717, 1.165) is 5.56 Å². The number of hydrogen-bond donors (Lipinski definition) is 1. The molecule has 0 aliphatic rings. The lowest BCUT2D eigenvalue weighted by Gasteiger charge is -2.22. The molecule has 0 aliphatic carbocycles. The summed E-state index contributed by atoms with van der Waals surface area (Å²) in [7, 11) is 2.96. The van der Waals surface area contributed by atoms with Gasteiger partial charge in [-0.15, -0.1) is 0 Å². The summed E-state index contributed by atoms with van der Waals surface area (Å²) in [5, 5.41) is 9.15. The topological polar surface area (TPSA) is 76.1 Å². The van der Waals surface area contributed by atoms with Crippen molar-refractivity contribution in [3.63, 3.8) is 0 Å². The Morgan fingerprint density at radius 3 is 2.36 bits per heavy atom. The van der Waals surface area contributed by atoms with E-state index in [1.165, 1.54) is 19.1 Å². The summed E-state index contributed by atoms with van der Waals surface area (Å²) in [6.07, 6.45) is 0.562. The van der Waals surface area contributed by atoms with Crippen molar-refractivity contribution in [2.45, 2.75) is 6.42 Å². The third-order valence-electron chi connectivity index (χ3n) is 3.76. The van der Waals surface area contributed by atoms with Crippen molar-refractivity contribution >= 4 is 11.9 Å². The normalized spacial score (nSPS) is 10.2. The van der Waals surface area contributed by atoms with Crippen molar-refractivity contribution in [1.29, 1.82) is 0 Å². The summed E-state index contributed by atoms with van der Waals surface area (Å²) in [4.78, 5) is 25.4. The van der Waals surface area contributed by atoms with E-state index in [9.17, 15) is 9.59 Å². The highest BCUT2D eigenvalue weighted by molar-refractivity contribution is 5.98. The van der Waals surface area contributed by atoms with Gasteiger partial charge in [-0.25, -0.2) is 0 Å². The third kappa shape index (κ3) is 4.97. The average molecular weight is 343 g/mol. The largest absolute Gasteiger partial charge is 0.497 e. The molecular formula is C19H21NO5. The number of amides is 1. The van der Waals surface area contributed by atoms with Crippen LogP contribution in [0.15, 0.2) is 48.5 Å². The van der Waals surface area contributed by atoms with E-state index in [0.29, 0.717) is 17.9 Å². The predicted molar refractivity (Wildman–Crippen MR) is 93.2 cm³/mol. The molecule has 1 N–H and O–H groups in total. The molecule has 132 valence electrons. The van der Waals surface area contributed by atoms with Gasteiger partial charge in [0, 0.05) is 6.54 Å². The zero-order valence-corrected chi connectivity index (χ0v) is 14.3. The third-order valence-corrected chi connectivity index (χ3v) is 3.76. The monoisotopic (exact) mass is 343 g/mol. The van der Waals surface area contributed by atoms with Crippen LogP contribution in [0.1, 0.15) is 15.9 Å². The standard InChI is InChI=1S/C19H21NO5/c1-24-15-8-9-17(25-2)16(12-15)19(23)20(13-18(21)22)11-10-14-6-4-3-5-7-14/h3-9,12H,10-11,13H2,1-2H3,(H,21,22). The second kappa shape index (κ2) is 8.73. The van der Waals surface area contributed by atoms with Crippen LogP contribution in [0.3, 0.4) is 0 Å². The molecule has 2 rings (SSSR count). The fraction of sp³-hybridized carbons (Fsp3) is 0.263. The van der Waals surface area contributed by atoms with Crippen LogP contribution in [0.2, 0.25) is 0 Å². The van der Waals surface area contributed by atoms with Gasteiger partial charge in [0.05, 0.1) is 19.8 Å². The number of carboxylic acids is 1. The first-order valence-corrected chi connectivity index (χ1v) is 7.82. The lowest BCUT2D eigenvalue weighted by Crippen LogP contribution is -2.37. The lowest BCUT2D eigenvalue weighted by molar-refractivity contribution is -0.137. The van der Waals surface area contributed by atoms with E-state index in [1.54, 1.807) is 18.2 Å². The Hall–Kier alpha value is -3.02. The highest BCUT2D eigenvalue weighted by atomic mass is 16.5. The Bertz CT molecular complexity index is 730. The first-order chi connectivity index (χ1) is 12.0. The zero-order valence-electron chi connectivity index (χ0n) is 14.3. The number of nitrogens with zero attached hydrogens (tertiary/aromatic N) is 1. The van der Waals surface area contributed by atoms with Crippen molar-refractivity contribution in [3.05, 3.63) is 59.7 Å². The van der Waals surface area contributed by atoms with Crippen molar-refractivity contribution in [2.75, 3.05) is 27.3 Å². The first-order valence-electron chi connectivity index (χ1n) is 7.82. The molecule has 0 spiro atoms. The number of aliphatic carboxylic acids is 1. The Labute approximate surface area is 146 Å². The highest BCUT2D eigenvalue weighted by Crippen LogP contribution is 2.25. The van der Waals surface area contributed by atoms with E-state index in [-0.39, 0.29) is 18.7 Å². The Balaban J connectivity index is 2.24. The minimum absolute atomic E-state index is 0.274.